The minimum atomic E-state index is -0.109. The Labute approximate surface area is 154 Å². The van der Waals surface area contributed by atoms with Crippen molar-refractivity contribution in [3.8, 4) is 0 Å². The second kappa shape index (κ2) is 9.12. The molecule has 2 aliphatic rings. The third-order valence-corrected chi connectivity index (χ3v) is 5.17. The zero-order chi connectivity index (χ0) is 18.4. The van der Waals surface area contributed by atoms with Gasteiger partial charge >= 0.3 is 0 Å². The zero-order valence-corrected chi connectivity index (χ0v) is 15.5. The largest absolute Gasteiger partial charge is 0.376 e. The highest BCUT2D eigenvalue weighted by molar-refractivity contribution is 5.96. The number of quaternary nitrogens is 2. The summed E-state index contributed by atoms with van der Waals surface area (Å²) in [6.45, 7) is 6.11. The monoisotopic (exact) mass is 362 g/mol. The Bertz CT molecular complexity index is 606. The van der Waals surface area contributed by atoms with Crippen LogP contribution in [-0.2, 0) is 9.53 Å². The summed E-state index contributed by atoms with van der Waals surface area (Å²) in [6, 6.07) is 7.05. The summed E-state index contributed by atoms with van der Waals surface area (Å²) in [5.74, 6) is -0.0853. The van der Waals surface area contributed by atoms with Crippen molar-refractivity contribution >= 4 is 17.5 Å². The molecule has 1 aromatic carbocycles. The average Bonchev–Trinajstić information content (AvgIpc) is 3.16. The van der Waals surface area contributed by atoms with E-state index in [2.05, 4.69) is 17.7 Å². The molecule has 0 aromatic heterocycles. The number of piperazine rings is 1. The summed E-state index contributed by atoms with van der Waals surface area (Å²) < 4.78 is 5.50. The Hall–Kier alpha value is -1.96. The van der Waals surface area contributed by atoms with Gasteiger partial charge in [-0.2, -0.15) is 0 Å². The summed E-state index contributed by atoms with van der Waals surface area (Å²) in [5, 5.41) is 5.83. The van der Waals surface area contributed by atoms with Gasteiger partial charge in [-0.25, -0.2) is 0 Å². The SMILES string of the molecule is C[NH+]1CC[NH+](CC(=O)Nc2ccc(C(=O)NC[C@@H]3CCCO3)cc2)CC1. The van der Waals surface area contributed by atoms with E-state index in [1.165, 1.54) is 9.80 Å². The highest BCUT2D eigenvalue weighted by Gasteiger charge is 2.22. The number of hydrogen-bond acceptors (Lipinski definition) is 3. The molecule has 1 atom stereocenters. The van der Waals surface area contributed by atoms with Crippen molar-refractivity contribution in [2.75, 3.05) is 58.2 Å². The van der Waals surface area contributed by atoms with Gasteiger partial charge in [-0.05, 0) is 37.1 Å². The maximum absolute atomic E-state index is 12.2. The van der Waals surface area contributed by atoms with Crippen LogP contribution in [0.2, 0.25) is 0 Å². The quantitative estimate of drug-likeness (QED) is 0.471. The lowest BCUT2D eigenvalue weighted by atomic mass is 10.2. The first-order chi connectivity index (χ1) is 12.6. The first kappa shape index (κ1) is 18.8. The summed E-state index contributed by atoms with van der Waals surface area (Å²) in [6.07, 6.45) is 2.20. The fourth-order valence-corrected chi connectivity index (χ4v) is 3.46. The number of benzene rings is 1. The molecule has 0 radical (unpaired) electrons. The normalized spacial score (nSPS) is 25.7. The molecular formula is C19H30N4O3+2. The van der Waals surface area contributed by atoms with Crippen LogP contribution in [0.3, 0.4) is 0 Å². The predicted octanol–water partition coefficient (Wildman–Crippen LogP) is -2.05. The Kier molecular flexibility index (Phi) is 6.60. The van der Waals surface area contributed by atoms with E-state index in [9.17, 15) is 9.59 Å². The highest BCUT2D eigenvalue weighted by atomic mass is 16.5. The molecule has 2 saturated heterocycles. The summed E-state index contributed by atoms with van der Waals surface area (Å²) >= 11 is 0. The number of carbonyl (C=O) groups excluding carboxylic acids is 2. The molecule has 4 N–H and O–H groups in total. The zero-order valence-electron chi connectivity index (χ0n) is 15.5. The van der Waals surface area contributed by atoms with Crippen molar-refractivity contribution in [2.24, 2.45) is 0 Å². The van der Waals surface area contributed by atoms with E-state index >= 15 is 0 Å². The van der Waals surface area contributed by atoms with Crippen molar-refractivity contribution < 1.29 is 24.1 Å². The van der Waals surface area contributed by atoms with Crippen LogP contribution >= 0.6 is 0 Å². The van der Waals surface area contributed by atoms with E-state index in [0.717, 1.165) is 51.3 Å². The average molecular weight is 362 g/mol. The van der Waals surface area contributed by atoms with E-state index in [1.54, 1.807) is 24.3 Å². The van der Waals surface area contributed by atoms with E-state index in [1.807, 2.05) is 0 Å². The summed E-state index contributed by atoms with van der Waals surface area (Å²) in [7, 11) is 2.19. The number of ether oxygens (including phenoxy) is 1. The van der Waals surface area contributed by atoms with Crippen LogP contribution in [0, 0.1) is 0 Å². The molecule has 142 valence electrons. The van der Waals surface area contributed by atoms with Gasteiger partial charge in [-0.3, -0.25) is 9.59 Å². The minimum absolute atomic E-state index is 0.0233. The summed E-state index contributed by atoms with van der Waals surface area (Å²) in [4.78, 5) is 27.2. The van der Waals surface area contributed by atoms with Crippen molar-refractivity contribution in [3.05, 3.63) is 29.8 Å². The van der Waals surface area contributed by atoms with Gasteiger partial charge in [0.2, 0.25) is 0 Å². The molecule has 7 heteroatoms. The Morgan fingerprint density at radius 1 is 1.15 bits per heavy atom. The molecule has 2 heterocycles. The second-order valence-corrected chi connectivity index (χ2v) is 7.35. The van der Waals surface area contributed by atoms with Gasteiger partial charge in [-0.15, -0.1) is 0 Å². The van der Waals surface area contributed by atoms with Crippen LogP contribution in [0.15, 0.2) is 24.3 Å². The molecule has 2 fully saturated rings. The lowest BCUT2D eigenvalue weighted by Gasteiger charge is -2.26. The molecule has 3 rings (SSSR count). The van der Waals surface area contributed by atoms with Gasteiger partial charge in [0.1, 0.15) is 26.2 Å². The Morgan fingerprint density at radius 3 is 2.54 bits per heavy atom. The van der Waals surface area contributed by atoms with Gasteiger partial charge in [0.25, 0.3) is 11.8 Å². The van der Waals surface area contributed by atoms with Crippen LogP contribution in [0.5, 0.6) is 0 Å². The molecule has 0 spiro atoms. The fourth-order valence-electron chi connectivity index (χ4n) is 3.46. The number of carbonyl (C=O) groups is 2. The third kappa shape index (κ3) is 5.52. The third-order valence-electron chi connectivity index (χ3n) is 5.17. The van der Waals surface area contributed by atoms with Gasteiger partial charge in [0, 0.05) is 24.4 Å². The van der Waals surface area contributed by atoms with E-state index in [4.69, 9.17) is 4.74 Å². The molecule has 7 nitrogen and oxygen atoms in total. The minimum Gasteiger partial charge on any atom is -0.376 e. The first-order valence-corrected chi connectivity index (χ1v) is 9.55. The van der Waals surface area contributed by atoms with Crippen molar-refractivity contribution in [1.82, 2.24) is 5.32 Å². The number of nitrogens with one attached hydrogen (secondary N) is 4. The first-order valence-electron chi connectivity index (χ1n) is 9.55. The number of hydrogen-bond donors (Lipinski definition) is 4. The molecule has 0 aliphatic carbocycles. The summed E-state index contributed by atoms with van der Waals surface area (Å²) in [5.41, 5.74) is 1.32. The predicted molar refractivity (Wildman–Crippen MR) is 98.6 cm³/mol. The number of likely N-dealkylation sites (N-methyl/N-ethyl adjacent to an activating group) is 1. The number of rotatable bonds is 6. The van der Waals surface area contributed by atoms with Crippen LogP contribution in [0.1, 0.15) is 23.2 Å². The molecular weight excluding hydrogens is 332 g/mol. The van der Waals surface area contributed by atoms with Crippen LogP contribution in [0.4, 0.5) is 5.69 Å². The topological polar surface area (TPSA) is 76.3 Å². The maximum Gasteiger partial charge on any atom is 0.279 e. The van der Waals surface area contributed by atoms with Crippen molar-refractivity contribution in [1.29, 1.82) is 0 Å². The smallest absolute Gasteiger partial charge is 0.279 e. The van der Waals surface area contributed by atoms with Crippen molar-refractivity contribution in [3.63, 3.8) is 0 Å². The maximum atomic E-state index is 12.2. The van der Waals surface area contributed by atoms with Crippen LogP contribution in [0.25, 0.3) is 0 Å². The molecule has 0 saturated carbocycles. The van der Waals surface area contributed by atoms with Gasteiger partial charge in [-0.1, -0.05) is 0 Å². The lowest BCUT2D eigenvalue weighted by Crippen LogP contribution is -3.27. The lowest BCUT2D eigenvalue weighted by molar-refractivity contribution is -0.999. The molecule has 2 aliphatic heterocycles. The Balaban J connectivity index is 1.43. The van der Waals surface area contributed by atoms with Crippen LogP contribution < -0.4 is 20.4 Å². The molecule has 1 aromatic rings. The van der Waals surface area contributed by atoms with Gasteiger partial charge in [0.05, 0.1) is 13.2 Å². The molecule has 2 amide bonds. The Morgan fingerprint density at radius 2 is 1.88 bits per heavy atom. The molecule has 0 bridgehead atoms. The van der Waals surface area contributed by atoms with Crippen LogP contribution in [-0.4, -0.2) is 70.8 Å². The van der Waals surface area contributed by atoms with E-state index in [-0.39, 0.29) is 17.9 Å². The number of amides is 2. The molecule has 0 unspecified atom stereocenters. The van der Waals surface area contributed by atoms with Gasteiger partial charge < -0.3 is 25.2 Å². The van der Waals surface area contributed by atoms with Crippen molar-refractivity contribution in [2.45, 2.75) is 18.9 Å². The van der Waals surface area contributed by atoms with Gasteiger partial charge in [0.15, 0.2) is 6.54 Å². The van der Waals surface area contributed by atoms with E-state index in [0.29, 0.717) is 18.7 Å². The number of anilines is 1. The van der Waals surface area contributed by atoms with E-state index < -0.39 is 0 Å². The molecule has 26 heavy (non-hydrogen) atoms. The highest BCUT2D eigenvalue weighted by Crippen LogP contribution is 2.12. The second-order valence-electron chi connectivity index (χ2n) is 7.35. The standard InChI is InChI=1S/C19H28N4O3/c1-22-8-10-23(11-9-22)14-18(24)21-16-6-4-15(5-7-16)19(25)20-13-17-3-2-12-26-17/h4-7,17H,2-3,8-14H2,1H3,(H,20,25)(H,21,24)/p+2/t17-/m0/s1. The fraction of sp³-hybridized carbons (Fsp3) is 0.579.